The summed E-state index contributed by atoms with van der Waals surface area (Å²) in [6.45, 7) is 0. The van der Waals surface area contributed by atoms with Gasteiger partial charge in [0.25, 0.3) is 0 Å². The summed E-state index contributed by atoms with van der Waals surface area (Å²) in [5, 5.41) is 9.09. The molecule has 2 atom stereocenters. The summed E-state index contributed by atoms with van der Waals surface area (Å²) in [5.74, 6) is 0.0540. The average Bonchev–Trinajstić information content (AvgIpc) is 2.45. The van der Waals surface area contributed by atoms with Gasteiger partial charge in [0.05, 0.1) is 11.3 Å². The fraction of sp³-hybridized carbons (Fsp3) is 0.467. The Morgan fingerprint density at radius 3 is 2.84 bits per heavy atom. The molecule has 100 valence electrons. The number of rotatable bonds is 2. The molecule has 0 radical (unpaired) electrons. The van der Waals surface area contributed by atoms with Crippen LogP contribution in [0.5, 0.6) is 0 Å². The Labute approximate surface area is 113 Å². The van der Waals surface area contributed by atoms with Crippen LogP contribution in [0.3, 0.4) is 0 Å². The van der Waals surface area contributed by atoms with Gasteiger partial charge in [-0.3, -0.25) is 4.79 Å². The Balaban J connectivity index is 2.17. The van der Waals surface area contributed by atoms with Gasteiger partial charge in [0.15, 0.2) is 0 Å². The van der Waals surface area contributed by atoms with Gasteiger partial charge in [-0.2, -0.15) is 5.26 Å². The summed E-state index contributed by atoms with van der Waals surface area (Å²) in [4.78, 5) is 14.1. The molecule has 1 fully saturated rings. The van der Waals surface area contributed by atoms with E-state index in [1.807, 2.05) is 6.07 Å². The standard InChI is InChI=1S/C15H19N3O/c1-18(14-8-3-2-5-12(14)10-16)15(19)11-6-4-7-13(17)9-11/h2-3,5,8,11,13H,4,6-7,9,17H2,1H3. The molecule has 0 spiro atoms. The first kappa shape index (κ1) is 13.6. The van der Waals surface area contributed by atoms with Crippen molar-refractivity contribution in [3.05, 3.63) is 29.8 Å². The number of carbonyl (C=O) groups is 1. The highest BCUT2D eigenvalue weighted by molar-refractivity contribution is 5.95. The lowest BCUT2D eigenvalue weighted by molar-refractivity contribution is -0.123. The monoisotopic (exact) mass is 257 g/mol. The summed E-state index contributed by atoms with van der Waals surface area (Å²) in [6, 6.07) is 9.43. The number of nitrogens with two attached hydrogens (primary N) is 1. The Hall–Kier alpha value is -1.86. The van der Waals surface area contributed by atoms with Crippen LogP contribution in [0, 0.1) is 17.2 Å². The Morgan fingerprint density at radius 2 is 2.16 bits per heavy atom. The van der Waals surface area contributed by atoms with E-state index in [2.05, 4.69) is 6.07 Å². The highest BCUT2D eigenvalue weighted by Gasteiger charge is 2.28. The van der Waals surface area contributed by atoms with E-state index in [0.717, 1.165) is 25.7 Å². The lowest BCUT2D eigenvalue weighted by Crippen LogP contribution is -2.39. The third kappa shape index (κ3) is 2.94. The van der Waals surface area contributed by atoms with Gasteiger partial charge >= 0.3 is 0 Å². The normalized spacial score (nSPS) is 22.6. The van der Waals surface area contributed by atoms with Gasteiger partial charge in [0.1, 0.15) is 6.07 Å². The molecule has 1 saturated carbocycles. The fourth-order valence-corrected chi connectivity index (χ4v) is 2.71. The quantitative estimate of drug-likeness (QED) is 0.881. The Kier molecular flexibility index (Phi) is 4.18. The summed E-state index contributed by atoms with van der Waals surface area (Å²) in [6.07, 6.45) is 3.65. The van der Waals surface area contributed by atoms with Gasteiger partial charge in [-0.15, -0.1) is 0 Å². The van der Waals surface area contributed by atoms with Crippen LogP contribution < -0.4 is 10.6 Å². The zero-order valence-corrected chi connectivity index (χ0v) is 11.2. The first-order valence-electron chi connectivity index (χ1n) is 6.65. The van der Waals surface area contributed by atoms with Crippen molar-refractivity contribution in [2.75, 3.05) is 11.9 Å². The average molecular weight is 257 g/mol. The minimum Gasteiger partial charge on any atom is -0.328 e. The maximum atomic E-state index is 12.5. The number of hydrogen-bond acceptors (Lipinski definition) is 3. The van der Waals surface area contributed by atoms with Gasteiger partial charge in [-0.1, -0.05) is 18.6 Å². The van der Waals surface area contributed by atoms with E-state index in [-0.39, 0.29) is 17.9 Å². The zero-order chi connectivity index (χ0) is 13.8. The molecule has 4 nitrogen and oxygen atoms in total. The van der Waals surface area contributed by atoms with Crippen molar-refractivity contribution in [1.29, 1.82) is 5.26 Å². The number of nitriles is 1. The van der Waals surface area contributed by atoms with Crippen LogP contribution >= 0.6 is 0 Å². The number of amides is 1. The molecule has 0 saturated heterocycles. The number of benzene rings is 1. The second-order valence-corrected chi connectivity index (χ2v) is 5.15. The zero-order valence-electron chi connectivity index (χ0n) is 11.2. The largest absolute Gasteiger partial charge is 0.328 e. The van der Waals surface area contributed by atoms with Gasteiger partial charge in [-0.25, -0.2) is 0 Å². The molecule has 2 rings (SSSR count). The molecule has 2 N–H and O–H groups in total. The fourth-order valence-electron chi connectivity index (χ4n) is 2.71. The van der Waals surface area contributed by atoms with Crippen LogP contribution in [0.1, 0.15) is 31.2 Å². The van der Waals surface area contributed by atoms with E-state index < -0.39 is 0 Å². The molecule has 1 aliphatic carbocycles. The van der Waals surface area contributed by atoms with Gasteiger partial charge in [0, 0.05) is 19.0 Å². The smallest absolute Gasteiger partial charge is 0.229 e. The molecule has 0 bridgehead atoms. The molecule has 1 aromatic rings. The summed E-state index contributed by atoms with van der Waals surface area (Å²) < 4.78 is 0. The second-order valence-electron chi connectivity index (χ2n) is 5.15. The Bertz CT molecular complexity index is 506. The van der Waals surface area contributed by atoms with Gasteiger partial charge < -0.3 is 10.6 Å². The topological polar surface area (TPSA) is 70.1 Å². The maximum Gasteiger partial charge on any atom is 0.229 e. The first-order valence-corrected chi connectivity index (χ1v) is 6.65. The highest BCUT2D eigenvalue weighted by atomic mass is 16.2. The van der Waals surface area contributed by atoms with Crippen molar-refractivity contribution in [3.63, 3.8) is 0 Å². The SMILES string of the molecule is CN(C(=O)C1CCCC(N)C1)c1ccccc1C#N. The minimum absolute atomic E-state index is 0.0134. The van der Waals surface area contributed by atoms with Crippen molar-refractivity contribution in [1.82, 2.24) is 0 Å². The van der Waals surface area contributed by atoms with E-state index in [1.165, 1.54) is 0 Å². The van der Waals surface area contributed by atoms with Crippen molar-refractivity contribution in [3.8, 4) is 6.07 Å². The van der Waals surface area contributed by atoms with Gasteiger partial charge in [-0.05, 0) is 31.4 Å². The van der Waals surface area contributed by atoms with Crippen LogP contribution in [-0.4, -0.2) is 19.0 Å². The summed E-state index contributed by atoms with van der Waals surface area (Å²) in [7, 11) is 1.73. The van der Waals surface area contributed by atoms with Crippen LogP contribution in [0.4, 0.5) is 5.69 Å². The van der Waals surface area contributed by atoms with E-state index in [4.69, 9.17) is 11.0 Å². The second kappa shape index (κ2) is 5.85. The summed E-state index contributed by atoms with van der Waals surface area (Å²) in [5.41, 5.74) is 7.14. The van der Waals surface area contributed by atoms with Gasteiger partial charge in [0.2, 0.25) is 5.91 Å². The highest BCUT2D eigenvalue weighted by Crippen LogP contribution is 2.27. The molecule has 0 aromatic heterocycles. The predicted octanol–water partition coefficient (Wildman–Crippen LogP) is 2.04. The molecule has 1 amide bonds. The van der Waals surface area contributed by atoms with Crippen LogP contribution in [0.25, 0.3) is 0 Å². The molecule has 1 aliphatic rings. The molecule has 4 heteroatoms. The molecular formula is C15H19N3O. The van der Waals surface area contributed by atoms with E-state index in [9.17, 15) is 4.79 Å². The van der Waals surface area contributed by atoms with Crippen molar-refractivity contribution in [2.24, 2.45) is 11.7 Å². The van der Waals surface area contributed by atoms with E-state index in [0.29, 0.717) is 11.3 Å². The first-order chi connectivity index (χ1) is 9.13. The third-order valence-electron chi connectivity index (χ3n) is 3.78. The number of hydrogen-bond donors (Lipinski definition) is 1. The van der Waals surface area contributed by atoms with Crippen LogP contribution in [-0.2, 0) is 4.79 Å². The number of carbonyl (C=O) groups excluding carboxylic acids is 1. The van der Waals surface area contributed by atoms with Crippen LogP contribution in [0.2, 0.25) is 0 Å². The Morgan fingerprint density at radius 1 is 1.42 bits per heavy atom. The molecule has 2 unspecified atom stereocenters. The third-order valence-corrected chi connectivity index (χ3v) is 3.78. The lowest BCUT2D eigenvalue weighted by Gasteiger charge is -2.29. The molecule has 1 aromatic carbocycles. The molecule has 0 aliphatic heterocycles. The predicted molar refractivity (Wildman–Crippen MR) is 74.5 cm³/mol. The molecule has 19 heavy (non-hydrogen) atoms. The molecule has 0 heterocycles. The van der Waals surface area contributed by atoms with Crippen molar-refractivity contribution in [2.45, 2.75) is 31.7 Å². The lowest BCUT2D eigenvalue weighted by atomic mass is 9.85. The van der Waals surface area contributed by atoms with Crippen molar-refractivity contribution >= 4 is 11.6 Å². The molecular weight excluding hydrogens is 238 g/mol. The summed E-state index contributed by atoms with van der Waals surface area (Å²) >= 11 is 0. The number of para-hydroxylation sites is 1. The van der Waals surface area contributed by atoms with E-state index >= 15 is 0 Å². The number of nitrogens with zero attached hydrogens (tertiary/aromatic N) is 2. The minimum atomic E-state index is -0.0134. The van der Waals surface area contributed by atoms with E-state index in [1.54, 1.807) is 30.1 Å². The maximum absolute atomic E-state index is 12.5. The van der Waals surface area contributed by atoms with Crippen molar-refractivity contribution < 1.29 is 4.79 Å². The van der Waals surface area contributed by atoms with Crippen LogP contribution in [0.15, 0.2) is 24.3 Å². The number of anilines is 1.